The molecule has 2 amide bonds. The van der Waals surface area contributed by atoms with Gasteiger partial charge in [-0.1, -0.05) is 42.1 Å². The molecule has 1 aliphatic rings. The fraction of sp³-hybridized carbons (Fsp3) is 0.200. The Hall–Kier alpha value is -3.94. The Morgan fingerprint density at radius 3 is 2.69 bits per heavy atom. The number of nitrogens with two attached hydrogens (primary N) is 1. The summed E-state index contributed by atoms with van der Waals surface area (Å²) in [5.74, 6) is -0.967. The third-order valence-corrected chi connectivity index (χ3v) is 6.38. The van der Waals surface area contributed by atoms with Crippen LogP contribution in [0.5, 0.6) is 0 Å². The molecule has 0 bridgehead atoms. The summed E-state index contributed by atoms with van der Waals surface area (Å²) in [6.45, 7) is 1.12. The van der Waals surface area contributed by atoms with Crippen LogP contribution in [-0.2, 0) is 9.53 Å². The minimum Gasteiger partial charge on any atom is -0.383 e. The molecule has 1 fully saturated rings. The molecule has 10 heteroatoms. The Kier molecular flexibility index (Phi) is 7.60. The highest BCUT2D eigenvalue weighted by atomic mass is 32.2. The van der Waals surface area contributed by atoms with Gasteiger partial charge < -0.3 is 20.7 Å². The molecule has 1 aliphatic heterocycles. The van der Waals surface area contributed by atoms with E-state index in [1.807, 2.05) is 12.1 Å². The number of nitrogen functional groups attached to an aromatic ring is 1. The molecule has 0 saturated carbocycles. The van der Waals surface area contributed by atoms with Gasteiger partial charge in [0, 0.05) is 12.2 Å². The molecule has 3 N–H and O–H groups in total. The van der Waals surface area contributed by atoms with Crippen molar-refractivity contribution in [1.29, 1.82) is 5.26 Å². The number of carbonyl (C=O) groups is 2. The molecule has 1 unspecified atom stereocenters. The van der Waals surface area contributed by atoms with Crippen LogP contribution in [0.15, 0.2) is 65.7 Å². The maximum atomic E-state index is 13.2. The largest absolute Gasteiger partial charge is 0.383 e. The van der Waals surface area contributed by atoms with Crippen molar-refractivity contribution in [3.63, 3.8) is 0 Å². The lowest BCUT2D eigenvalue weighted by atomic mass is 10.1. The van der Waals surface area contributed by atoms with Gasteiger partial charge in [0.15, 0.2) is 0 Å². The Morgan fingerprint density at radius 1 is 1.23 bits per heavy atom. The lowest BCUT2D eigenvalue weighted by Gasteiger charge is -2.33. The number of ether oxygens (including phenoxy) is 1. The van der Waals surface area contributed by atoms with Crippen molar-refractivity contribution in [3.8, 4) is 6.07 Å². The van der Waals surface area contributed by atoms with Crippen LogP contribution in [0.2, 0.25) is 0 Å². The quantitative estimate of drug-likeness (QED) is 0.505. The van der Waals surface area contributed by atoms with Crippen molar-refractivity contribution in [2.24, 2.45) is 0 Å². The number of pyridine rings is 1. The van der Waals surface area contributed by atoms with Crippen molar-refractivity contribution in [2.75, 3.05) is 36.5 Å². The number of para-hydroxylation sites is 1. The van der Waals surface area contributed by atoms with Crippen LogP contribution in [0.1, 0.15) is 27.6 Å². The molecule has 1 aromatic heterocycles. The minimum atomic E-state index is -0.481. The number of rotatable bonds is 6. The highest BCUT2D eigenvalue weighted by Crippen LogP contribution is 2.27. The third kappa shape index (κ3) is 5.95. The molecular formula is C25H22FN5O3S. The maximum absolute atomic E-state index is 13.2. The van der Waals surface area contributed by atoms with Gasteiger partial charge in [-0.25, -0.2) is 9.37 Å². The summed E-state index contributed by atoms with van der Waals surface area (Å²) in [6, 6.07) is 18.3. The van der Waals surface area contributed by atoms with E-state index >= 15 is 0 Å². The van der Waals surface area contributed by atoms with Crippen LogP contribution in [0.3, 0.4) is 0 Å². The number of amides is 2. The van der Waals surface area contributed by atoms with Gasteiger partial charge in [0.05, 0.1) is 30.0 Å². The van der Waals surface area contributed by atoms with Gasteiger partial charge in [0.25, 0.3) is 5.91 Å². The summed E-state index contributed by atoms with van der Waals surface area (Å²) in [5.41, 5.74) is 7.62. The monoisotopic (exact) mass is 491 g/mol. The minimum absolute atomic E-state index is 0.0323. The van der Waals surface area contributed by atoms with Gasteiger partial charge in [0.1, 0.15) is 28.8 Å². The van der Waals surface area contributed by atoms with Gasteiger partial charge in [0.2, 0.25) is 5.91 Å². The number of nitrogens with zero attached hydrogens (tertiary/aromatic N) is 3. The molecule has 0 radical (unpaired) electrons. The fourth-order valence-electron chi connectivity index (χ4n) is 3.58. The zero-order valence-electron chi connectivity index (χ0n) is 18.6. The second-order valence-corrected chi connectivity index (χ2v) is 8.71. The first-order valence-corrected chi connectivity index (χ1v) is 11.8. The van der Waals surface area contributed by atoms with Crippen LogP contribution in [0, 0.1) is 17.1 Å². The van der Waals surface area contributed by atoms with Crippen molar-refractivity contribution >= 4 is 35.1 Å². The topological polar surface area (TPSA) is 121 Å². The zero-order valence-corrected chi connectivity index (χ0v) is 19.4. The molecule has 2 heterocycles. The van der Waals surface area contributed by atoms with Gasteiger partial charge in [-0.2, -0.15) is 5.26 Å². The van der Waals surface area contributed by atoms with E-state index in [0.717, 1.165) is 17.3 Å². The average molecular weight is 492 g/mol. The molecule has 1 atom stereocenters. The standard InChI is InChI=1S/C25H22FN5O3S/c26-18-8-6-16(7-9-18)21-14-31(10-11-34-21)22(32)15-35-25-17(13-27)12-20(23(28)30-25)24(33)29-19-4-2-1-3-5-19/h1-9,12,21H,10-11,14-15H2,(H2,28,30)(H,29,33). The highest BCUT2D eigenvalue weighted by Gasteiger charge is 2.26. The number of morpholine rings is 1. The Balaban J connectivity index is 1.41. The summed E-state index contributed by atoms with van der Waals surface area (Å²) in [6.07, 6.45) is -0.343. The van der Waals surface area contributed by atoms with Gasteiger partial charge in [-0.15, -0.1) is 0 Å². The molecule has 178 valence electrons. The Labute approximate surface area is 205 Å². The first kappa shape index (κ1) is 24.2. The van der Waals surface area contributed by atoms with Gasteiger partial charge >= 0.3 is 0 Å². The predicted octanol–water partition coefficient (Wildman–Crippen LogP) is 3.62. The normalized spacial score (nSPS) is 15.3. The first-order valence-electron chi connectivity index (χ1n) is 10.8. The van der Waals surface area contributed by atoms with Crippen LogP contribution in [-0.4, -0.2) is 47.1 Å². The van der Waals surface area contributed by atoms with E-state index in [9.17, 15) is 19.2 Å². The molecule has 2 aromatic carbocycles. The lowest BCUT2D eigenvalue weighted by molar-refractivity contribution is -0.136. The van der Waals surface area contributed by atoms with E-state index in [-0.39, 0.29) is 45.6 Å². The predicted molar refractivity (Wildman–Crippen MR) is 130 cm³/mol. The van der Waals surface area contributed by atoms with E-state index < -0.39 is 5.91 Å². The van der Waals surface area contributed by atoms with Gasteiger partial charge in [-0.05, 0) is 35.9 Å². The number of halogens is 1. The van der Waals surface area contributed by atoms with E-state index in [1.54, 1.807) is 41.3 Å². The fourth-order valence-corrected chi connectivity index (χ4v) is 4.44. The Bertz CT molecular complexity index is 1260. The molecule has 1 saturated heterocycles. The number of aromatic nitrogens is 1. The van der Waals surface area contributed by atoms with Crippen LogP contribution in [0.4, 0.5) is 15.9 Å². The van der Waals surface area contributed by atoms with Crippen molar-refractivity contribution in [1.82, 2.24) is 9.88 Å². The number of nitriles is 1. The molecule has 3 aromatic rings. The van der Waals surface area contributed by atoms with E-state index in [2.05, 4.69) is 10.3 Å². The summed E-state index contributed by atoms with van der Waals surface area (Å²) < 4.78 is 19.0. The lowest BCUT2D eigenvalue weighted by Crippen LogP contribution is -2.43. The molecule has 4 rings (SSSR count). The van der Waals surface area contributed by atoms with Gasteiger partial charge in [-0.3, -0.25) is 9.59 Å². The summed E-state index contributed by atoms with van der Waals surface area (Å²) in [4.78, 5) is 31.4. The SMILES string of the molecule is N#Cc1cc(C(=O)Nc2ccccc2)c(N)nc1SCC(=O)N1CCOC(c2ccc(F)cc2)C1. The number of carbonyl (C=O) groups excluding carboxylic acids is 2. The molecule has 0 spiro atoms. The van der Waals surface area contributed by atoms with Crippen molar-refractivity contribution in [3.05, 3.63) is 83.2 Å². The summed E-state index contributed by atoms with van der Waals surface area (Å²) in [7, 11) is 0. The average Bonchev–Trinajstić information content (AvgIpc) is 2.88. The number of hydrogen-bond acceptors (Lipinski definition) is 7. The molecule has 35 heavy (non-hydrogen) atoms. The molecule has 0 aliphatic carbocycles. The summed E-state index contributed by atoms with van der Waals surface area (Å²) in [5, 5.41) is 12.6. The van der Waals surface area contributed by atoms with E-state index in [4.69, 9.17) is 10.5 Å². The van der Waals surface area contributed by atoms with E-state index in [0.29, 0.717) is 25.4 Å². The van der Waals surface area contributed by atoms with Crippen LogP contribution < -0.4 is 11.1 Å². The summed E-state index contributed by atoms with van der Waals surface area (Å²) >= 11 is 1.08. The van der Waals surface area contributed by atoms with Crippen molar-refractivity contribution in [2.45, 2.75) is 11.1 Å². The third-order valence-electron chi connectivity index (χ3n) is 5.41. The van der Waals surface area contributed by atoms with Crippen molar-refractivity contribution < 1.29 is 18.7 Å². The highest BCUT2D eigenvalue weighted by molar-refractivity contribution is 8.00. The number of nitrogens with one attached hydrogen (secondary N) is 1. The zero-order chi connectivity index (χ0) is 24.8. The number of thioether (sulfide) groups is 1. The molecular weight excluding hydrogens is 469 g/mol. The van der Waals surface area contributed by atoms with Crippen LogP contribution >= 0.6 is 11.8 Å². The molecule has 8 nitrogen and oxygen atoms in total. The van der Waals surface area contributed by atoms with E-state index in [1.165, 1.54) is 18.2 Å². The number of benzene rings is 2. The second-order valence-electron chi connectivity index (χ2n) is 7.75. The first-order chi connectivity index (χ1) is 16.9. The maximum Gasteiger partial charge on any atom is 0.259 e. The Morgan fingerprint density at radius 2 is 1.97 bits per heavy atom. The van der Waals surface area contributed by atoms with Crippen LogP contribution in [0.25, 0.3) is 0 Å². The second kappa shape index (κ2) is 11.0. The number of hydrogen-bond donors (Lipinski definition) is 2. The smallest absolute Gasteiger partial charge is 0.259 e. The number of anilines is 2.